The van der Waals surface area contributed by atoms with Crippen LogP contribution in [0.1, 0.15) is 13.8 Å². The molecule has 0 aromatic heterocycles. The highest BCUT2D eigenvalue weighted by Crippen LogP contribution is 2.32. The van der Waals surface area contributed by atoms with Crippen LogP contribution >= 0.6 is 15.9 Å². The third-order valence-corrected chi connectivity index (χ3v) is 4.53. The van der Waals surface area contributed by atoms with Crippen molar-refractivity contribution in [1.29, 1.82) is 0 Å². The summed E-state index contributed by atoms with van der Waals surface area (Å²) in [5.74, 6) is -0.516. The van der Waals surface area contributed by atoms with Gasteiger partial charge in [-0.3, -0.25) is 9.69 Å². The van der Waals surface area contributed by atoms with Gasteiger partial charge in [-0.15, -0.1) is 0 Å². The molecule has 0 radical (unpaired) electrons. The predicted molar refractivity (Wildman–Crippen MR) is 102 cm³/mol. The van der Waals surface area contributed by atoms with Crippen LogP contribution in [0.3, 0.4) is 0 Å². The number of anilines is 2. The van der Waals surface area contributed by atoms with E-state index >= 15 is 0 Å². The van der Waals surface area contributed by atoms with Gasteiger partial charge in [-0.05, 0) is 50.2 Å². The first-order valence-electron chi connectivity index (χ1n) is 7.88. The topological polar surface area (TPSA) is 81.8 Å². The number of halogens is 1. The summed E-state index contributed by atoms with van der Waals surface area (Å²) >= 11 is 3.31. The molecule has 1 fully saturated rings. The minimum Gasteiger partial charge on any atom is -0.307 e. The lowest BCUT2D eigenvalue weighted by molar-refractivity contribution is -0.131. The van der Waals surface area contributed by atoms with Gasteiger partial charge < -0.3 is 5.32 Å². The SMILES string of the molecule is CC1(C)C(=O)N(NC(=O)Nc2ccc(Br)cc2)C(=O)N1c1ccccc1. The summed E-state index contributed by atoms with van der Waals surface area (Å²) < 4.78 is 0.869. The van der Waals surface area contributed by atoms with E-state index in [0.29, 0.717) is 11.4 Å². The second kappa shape index (κ2) is 6.80. The van der Waals surface area contributed by atoms with Gasteiger partial charge in [0.2, 0.25) is 0 Å². The number of para-hydroxylation sites is 1. The van der Waals surface area contributed by atoms with Gasteiger partial charge in [-0.1, -0.05) is 34.1 Å². The van der Waals surface area contributed by atoms with Crippen LogP contribution in [-0.4, -0.2) is 28.5 Å². The van der Waals surface area contributed by atoms with Gasteiger partial charge in [0, 0.05) is 15.8 Å². The molecule has 8 heteroatoms. The van der Waals surface area contributed by atoms with Crippen molar-refractivity contribution < 1.29 is 14.4 Å². The summed E-state index contributed by atoms with van der Waals surface area (Å²) in [5.41, 5.74) is 2.31. The molecule has 0 saturated carbocycles. The number of nitrogens with one attached hydrogen (secondary N) is 2. The fourth-order valence-electron chi connectivity index (χ4n) is 2.70. The summed E-state index contributed by atoms with van der Waals surface area (Å²) in [6.45, 7) is 3.27. The Morgan fingerprint density at radius 3 is 2.23 bits per heavy atom. The number of imide groups is 1. The highest BCUT2D eigenvalue weighted by atomic mass is 79.9. The zero-order valence-electron chi connectivity index (χ0n) is 14.2. The van der Waals surface area contributed by atoms with Gasteiger partial charge in [0.15, 0.2) is 0 Å². The summed E-state index contributed by atoms with van der Waals surface area (Å²) in [6.07, 6.45) is 0. The number of carbonyl (C=O) groups is 3. The molecule has 0 atom stereocenters. The molecule has 134 valence electrons. The molecule has 26 heavy (non-hydrogen) atoms. The molecule has 0 unspecified atom stereocenters. The van der Waals surface area contributed by atoms with Crippen molar-refractivity contribution in [2.24, 2.45) is 0 Å². The molecule has 1 saturated heterocycles. The zero-order valence-corrected chi connectivity index (χ0v) is 15.8. The Hall–Kier alpha value is -2.87. The molecule has 0 aliphatic carbocycles. The molecular weight excluding hydrogens is 400 g/mol. The van der Waals surface area contributed by atoms with Crippen LogP contribution in [-0.2, 0) is 4.79 Å². The van der Waals surface area contributed by atoms with Crippen molar-refractivity contribution in [3.8, 4) is 0 Å². The van der Waals surface area contributed by atoms with Crippen molar-refractivity contribution in [1.82, 2.24) is 10.4 Å². The van der Waals surface area contributed by atoms with E-state index in [2.05, 4.69) is 26.7 Å². The van der Waals surface area contributed by atoms with Crippen molar-refractivity contribution >= 4 is 45.3 Å². The largest absolute Gasteiger partial charge is 0.351 e. The third-order valence-electron chi connectivity index (χ3n) is 4.00. The van der Waals surface area contributed by atoms with Crippen LogP contribution in [0.25, 0.3) is 0 Å². The molecule has 2 N–H and O–H groups in total. The Kier molecular flexibility index (Phi) is 4.69. The molecular formula is C18H17BrN4O3. The molecule has 5 amide bonds. The number of hydrogen-bond acceptors (Lipinski definition) is 3. The number of rotatable bonds is 3. The van der Waals surface area contributed by atoms with E-state index in [-0.39, 0.29) is 0 Å². The van der Waals surface area contributed by atoms with E-state index in [4.69, 9.17) is 0 Å². The van der Waals surface area contributed by atoms with Crippen molar-refractivity contribution in [3.05, 3.63) is 59.1 Å². The van der Waals surface area contributed by atoms with E-state index in [1.807, 2.05) is 6.07 Å². The maximum Gasteiger partial charge on any atom is 0.351 e. The minimum absolute atomic E-state index is 0.516. The maximum absolute atomic E-state index is 12.7. The van der Waals surface area contributed by atoms with E-state index in [1.165, 1.54) is 4.90 Å². The van der Waals surface area contributed by atoms with Gasteiger partial charge in [0.05, 0.1) is 0 Å². The summed E-state index contributed by atoms with van der Waals surface area (Å²) in [7, 11) is 0. The first-order chi connectivity index (χ1) is 12.3. The molecule has 0 spiro atoms. The van der Waals surface area contributed by atoms with Crippen molar-refractivity contribution in [2.75, 3.05) is 10.2 Å². The van der Waals surface area contributed by atoms with E-state index in [1.54, 1.807) is 62.4 Å². The van der Waals surface area contributed by atoms with Crippen LogP contribution in [0, 0.1) is 0 Å². The molecule has 2 aromatic rings. The lowest BCUT2D eigenvalue weighted by atomic mass is 10.0. The maximum atomic E-state index is 12.7. The zero-order chi connectivity index (χ0) is 18.9. The van der Waals surface area contributed by atoms with Crippen LogP contribution in [0.2, 0.25) is 0 Å². The average Bonchev–Trinajstić information content (AvgIpc) is 2.77. The number of benzene rings is 2. The highest BCUT2D eigenvalue weighted by Gasteiger charge is 2.53. The number of amides is 5. The number of nitrogens with zero attached hydrogens (tertiary/aromatic N) is 2. The van der Waals surface area contributed by atoms with Crippen LogP contribution in [0.4, 0.5) is 21.0 Å². The molecule has 2 aromatic carbocycles. The second-order valence-electron chi connectivity index (χ2n) is 6.23. The van der Waals surface area contributed by atoms with Gasteiger partial charge >= 0.3 is 12.1 Å². The van der Waals surface area contributed by atoms with Crippen LogP contribution in [0.5, 0.6) is 0 Å². The Morgan fingerprint density at radius 1 is 1.00 bits per heavy atom. The Bertz CT molecular complexity index is 852. The molecule has 1 aliphatic heterocycles. The Morgan fingerprint density at radius 2 is 1.62 bits per heavy atom. The van der Waals surface area contributed by atoms with Gasteiger partial charge in [0.1, 0.15) is 5.54 Å². The van der Waals surface area contributed by atoms with Gasteiger partial charge in [-0.2, -0.15) is 5.01 Å². The lowest BCUT2D eigenvalue weighted by Gasteiger charge is -2.27. The molecule has 1 aliphatic rings. The van der Waals surface area contributed by atoms with E-state index in [9.17, 15) is 14.4 Å². The lowest BCUT2D eigenvalue weighted by Crippen LogP contribution is -2.49. The summed E-state index contributed by atoms with van der Waals surface area (Å²) in [6, 6.07) is 14.5. The number of urea groups is 2. The molecule has 3 rings (SSSR count). The Labute approximate surface area is 159 Å². The number of hydrogen-bond donors (Lipinski definition) is 2. The second-order valence-corrected chi connectivity index (χ2v) is 7.14. The van der Waals surface area contributed by atoms with Crippen molar-refractivity contribution in [2.45, 2.75) is 19.4 Å². The van der Waals surface area contributed by atoms with Crippen molar-refractivity contribution in [3.63, 3.8) is 0 Å². The van der Waals surface area contributed by atoms with E-state index in [0.717, 1.165) is 9.48 Å². The first-order valence-corrected chi connectivity index (χ1v) is 8.67. The monoisotopic (exact) mass is 416 g/mol. The first kappa shape index (κ1) is 17.9. The number of hydrazine groups is 1. The van der Waals surface area contributed by atoms with E-state index < -0.39 is 23.5 Å². The third kappa shape index (κ3) is 3.28. The van der Waals surface area contributed by atoms with Crippen LogP contribution in [0.15, 0.2) is 59.1 Å². The molecule has 7 nitrogen and oxygen atoms in total. The summed E-state index contributed by atoms with van der Waals surface area (Å²) in [5, 5.41) is 3.32. The smallest absolute Gasteiger partial charge is 0.307 e. The van der Waals surface area contributed by atoms with Gasteiger partial charge in [0.25, 0.3) is 5.91 Å². The Balaban J connectivity index is 1.78. The molecule has 1 heterocycles. The highest BCUT2D eigenvalue weighted by molar-refractivity contribution is 9.10. The summed E-state index contributed by atoms with van der Waals surface area (Å²) in [4.78, 5) is 39.0. The number of carbonyl (C=O) groups excluding carboxylic acids is 3. The predicted octanol–water partition coefficient (Wildman–Crippen LogP) is 3.73. The average molecular weight is 417 g/mol. The standard InChI is InChI=1S/C18H17BrN4O3/c1-18(2)15(24)23(17(26)22(18)14-6-4-3-5-7-14)21-16(25)20-13-10-8-12(19)9-11-13/h3-11H,1-2H3,(H2,20,21,25). The van der Waals surface area contributed by atoms with Crippen LogP contribution < -0.4 is 15.6 Å². The quantitative estimate of drug-likeness (QED) is 0.747. The minimum atomic E-state index is -1.12. The molecule has 0 bridgehead atoms. The fourth-order valence-corrected chi connectivity index (χ4v) is 2.96. The van der Waals surface area contributed by atoms with Gasteiger partial charge in [-0.25, -0.2) is 15.0 Å². The normalized spacial score (nSPS) is 16.0. The fraction of sp³-hybridized carbons (Fsp3) is 0.167.